The zero-order valence-electron chi connectivity index (χ0n) is 31.3. The summed E-state index contributed by atoms with van der Waals surface area (Å²) in [5.74, 6) is -3.19. The topological polar surface area (TPSA) is 202 Å². The molecule has 1 heterocycles. The maximum Gasteiger partial charge on any atom is 0.286 e. The lowest BCUT2D eigenvalue weighted by Gasteiger charge is -2.25. The quantitative estimate of drug-likeness (QED) is 0.140. The first-order valence-corrected chi connectivity index (χ1v) is 18.4. The van der Waals surface area contributed by atoms with Crippen molar-refractivity contribution in [3.05, 3.63) is 60.0 Å². The molecule has 1 aromatic heterocycles. The highest BCUT2D eigenvalue weighted by Gasteiger charge is 2.34. The SMILES string of the molecule is COC[C@H](NC(=O)[C@H](CC(=O)NCC(C)(C)C)NS(=O)(=O)c1ccc(C)cc1)C(=O)N[C@@H](CC(C)C)C(=O)c1nnc(-c2ccc(N(C)C)cc2)o1. The van der Waals surface area contributed by atoms with E-state index in [1.54, 1.807) is 31.2 Å². The molecule has 15 nitrogen and oxygen atoms in total. The second-order valence-corrected chi connectivity index (χ2v) is 16.2. The number of methoxy groups -OCH3 is 1. The van der Waals surface area contributed by atoms with Gasteiger partial charge in [-0.3, -0.25) is 19.2 Å². The monoisotopic (exact) mass is 741 g/mol. The Balaban J connectivity index is 1.83. The van der Waals surface area contributed by atoms with Gasteiger partial charge in [-0.15, -0.1) is 10.2 Å². The fourth-order valence-corrected chi connectivity index (χ4v) is 6.07. The third kappa shape index (κ3) is 12.5. The number of aromatic nitrogens is 2. The number of anilines is 1. The molecule has 16 heteroatoms. The van der Waals surface area contributed by atoms with E-state index in [0.29, 0.717) is 5.56 Å². The molecule has 4 N–H and O–H groups in total. The first kappa shape index (κ1) is 41.7. The largest absolute Gasteiger partial charge is 0.414 e. The predicted octanol–water partition coefficient (Wildman–Crippen LogP) is 2.86. The number of nitrogens with one attached hydrogen (secondary N) is 4. The van der Waals surface area contributed by atoms with Crippen molar-refractivity contribution >= 4 is 39.2 Å². The summed E-state index contributed by atoms with van der Waals surface area (Å²) in [5, 5.41) is 15.8. The van der Waals surface area contributed by atoms with Crippen molar-refractivity contribution in [2.24, 2.45) is 11.3 Å². The highest BCUT2D eigenvalue weighted by molar-refractivity contribution is 7.89. The van der Waals surface area contributed by atoms with Crippen LogP contribution in [0.4, 0.5) is 5.69 Å². The van der Waals surface area contributed by atoms with E-state index in [1.807, 2.05) is 65.7 Å². The molecule has 0 aliphatic heterocycles. The molecule has 284 valence electrons. The molecular formula is C36H51N7O8S. The Hall–Kier alpha value is -4.67. The van der Waals surface area contributed by atoms with E-state index in [2.05, 4.69) is 30.9 Å². The molecule has 0 saturated heterocycles. The van der Waals surface area contributed by atoms with Crippen LogP contribution >= 0.6 is 0 Å². The maximum absolute atomic E-state index is 13.7. The Morgan fingerprint density at radius 1 is 0.885 bits per heavy atom. The summed E-state index contributed by atoms with van der Waals surface area (Å²) < 4.78 is 39.9. The summed E-state index contributed by atoms with van der Waals surface area (Å²) in [7, 11) is 0.855. The third-order valence-electron chi connectivity index (χ3n) is 7.72. The van der Waals surface area contributed by atoms with Crippen molar-refractivity contribution in [2.75, 3.05) is 39.3 Å². The lowest BCUT2D eigenvalue weighted by atomic mass is 9.97. The number of ether oxygens (including phenoxy) is 1. The molecule has 3 aromatic rings. The molecule has 2 aromatic carbocycles. The Morgan fingerprint density at radius 3 is 2.04 bits per heavy atom. The Morgan fingerprint density at radius 2 is 1.48 bits per heavy atom. The molecular weight excluding hydrogens is 691 g/mol. The summed E-state index contributed by atoms with van der Waals surface area (Å²) in [6.45, 7) is 11.2. The standard InChI is InChI=1S/C36H51N7O8S/c1-22(2)18-27(31(45)35-41-40-34(51-35)24-12-14-25(15-13-24)43(7)8)38-33(47)29(20-50-9)39-32(46)28(19-30(44)37-21-36(4,5)6)42-52(48,49)26-16-10-23(3)11-17-26/h10-17,22,27-29,42H,18-21H2,1-9H3,(H,37,44)(H,38,47)(H,39,46)/t27-,28-,29-/m0/s1. The van der Waals surface area contributed by atoms with Crippen LogP contribution < -0.4 is 25.6 Å². The minimum atomic E-state index is -4.27. The van der Waals surface area contributed by atoms with Crippen molar-refractivity contribution in [1.29, 1.82) is 0 Å². The number of nitrogens with zero attached hydrogens (tertiary/aromatic N) is 3. The Bertz CT molecular complexity index is 1780. The lowest BCUT2D eigenvalue weighted by molar-refractivity contribution is -0.132. The highest BCUT2D eigenvalue weighted by atomic mass is 32.2. The van der Waals surface area contributed by atoms with Gasteiger partial charge in [0.15, 0.2) is 0 Å². The second-order valence-electron chi connectivity index (χ2n) is 14.5. The van der Waals surface area contributed by atoms with Crippen LogP contribution in [-0.2, 0) is 29.1 Å². The fourth-order valence-electron chi connectivity index (χ4n) is 4.87. The van der Waals surface area contributed by atoms with Crippen molar-refractivity contribution in [1.82, 2.24) is 30.9 Å². The molecule has 0 saturated carbocycles. The van der Waals surface area contributed by atoms with Crippen LogP contribution in [-0.4, -0.2) is 94.6 Å². The minimum Gasteiger partial charge on any atom is -0.414 e. The number of ketones is 1. The number of hydrogen-bond acceptors (Lipinski definition) is 11. The lowest BCUT2D eigenvalue weighted by Crippen LogP contribution is -2.57. The smallest absolute Gasteiger partial charge is 0.286 e. The molecule has 0 aliphatic carbocycles. The summed E-state index contributed by atoms with van der Waals surface area (Å²) in [6.07, 6.45) is -0.361. The van der Waals surface area contributed by atoms with Crippen molar-refractivity contribution in [3.8, 4) is 11.5 Å². The molecule has 0 radical (unpaired) electrons. The number of amides is 3. The number of rotatable bonds is 18. The first-order valence-electron chi connectivity index (χ1n) is 16.9. The van der Waals surface area contributed by atoms with E-state index in [0.717, 1.165) is 11.3 Å². The van der Waals surface area contributed by atoms with Crippen molar-refractivity contribution < 1.29 is 36.7 Å². The van der Waals surface area contributed by atoms with Crippen LogP contribution in [0.25, 0.3) is 11.5 Å². The van der Waals surface area contributed by atoms with E-state index in [1.165, 1.54) is 19.2 Å². The first-order chi connectivity index (χ1) is 24.3. The number of carbonyl (C=O) groups is 4. The number of aryl methyl sites for hydroxylation is 1. The van der Waals surface area contributed by atoms with Gasteiger partial charge in [-0.25, -0.2) is 8.42 Å². The van der Waals surface area contributed by atoms with Crippen LogP contribution in [0.2, 0.25) is 0 Å². The van der Waals surface area contributed by atoms with Crippen LogP contribution in [0.3, 0.4) is 0 Å². The van der Waals surface area contributed by atoms with E-state index in [4.69, 9.17) is 9.15 Å². The van der Waals surface area contributed by atoms with Gasteiger partial charge in [0.2, 0.25) is 39.4 Å². The van der Waals surface area contributed by atoms with Gasteiger partial charge in [0.25, 0.3) is 5.89 Å². The molecule has 3 atom stereocenters. The predicted molar refractivity (Wildman–Crippen MR) is 196 cm³/mol. The molecule has 3 amide bonds. The molecule has 0 bridgehead atoms. The fraction of sp³-hybridized carbons (Fsp3) is 0.500. The minimum absolute atomic E-state index is 0.0575. The van der Waals surface area contributed by atoms with Gasteiger partial charge >= 0.3 is 0 Å². The molecule has 0 unspecified atom stereocenters. The maximum atomic E-state index is 13.7. The van der Waals surface area contributed by atoms with E-state index in [9.17, 15) is 27.6 Å². The van der Waals surface area contributed by atoms with E-state index >= 15 is 0 Å². The molecule has 0 spiro atoms. The Labute approximate surface area is 305 Å². The van der Waals surface area contributed by atoms with Crippen LogP contribution in [0.5, 0.6) is 0 Å². The molecule has 3 rings (SSSR count). The summed E-state index contributed by atoms with van der Waals surface area (Å²) in [5.41, 5.74) is 2.10. The van der Waals surface area contributed by atoms with Crippen molar-refractivity contribution in [3.63, 3.8) is 0 Å². The van der Waals surface area contributed by atoms with Gasteiger partial charge in [-0.2, -0.15) is 4.72 Å². The zero-order valence-corrected chi connectivity index (χ0v) is 32.1. The normalized spacial score (nSPS) is 13.6. The zero-order chi connectivity index (χ0) is 38.8. The summed E-state index contributed by atoms with van der Waals surface area (Å²) in [4.78, 5) is 55.7. The average Bonchev–Trinajstić information content (AvgIpc) is 3.56. The number of carbonyl (C=O) groups excluding carboxylic acids is 4. The second kappa shape index (κ2) is 18.2. The van der Waals surface area contributed by atoms with Gasteiger partial charge in [-0.05, 0) is 61.1 Å². The molecule has 0 aliphatic rings. The van der Waals surface area contributed by atoms with E-state index < -0.39 is 58.1 Å². The molecule has 0 fully saturated rings. The van der Waals surface area contributed by atoms with Gasteiger partial charge in [-0.1, -0.05) is 52.3 Å². The average molecular weight is 742 g/mol. The number of sulfonamides is 1. The highest BCUT2D eigenvalue weighted by Crippen LogP contribution is 2.22. The molecule has 52 heavy (non-hydrogen) atoms. The van der Waals surface area contributed by atoms with Gasteiger partial charge in [0, 0.05) is 39.0 Å². The van der Waals surface area contributed by atoms with Crippen LogP contribution in [0, 0.1) is 18.3 Å². The summed E-state index contributed by atoms with van der Waals surface area (Å²) in [6, 6.07) is 9.16. The van der Waals surface area contributed by atoms with Crippen LogP contribution in [0.15, 0.2) is 57.8 Å². The number of benzene rings is 2. The van der Waals surface area contributed by atoms with E-state index in [-0.39, 0.29) is 47.6 Å². The van der Waals surface area contributed by atoms with Gasteiger partial charge in [0.05, 0.1) is 24.0 Å². The van der Waals surface area contributed by atoms with Crippen molar-refractivity contribution in [2.45, 2.75) is 77.4 Å². The third-order valence-corrected chi connectivity index (χ3v) is 9.21. The van der Waals surface area contributed by atoms with Gasteiger partial charge < -0.3 is 30.0 Å². The Kier molecular flexibility index (Phi) is 14.6. The summed E-state index contributed by atoms with van der Waals surface area (Å²) >= 11 is 0. The number of Topliss-reactive ketones (excluding diaryl/α,β-unsaturated/α-hetero) is 1. The van der Waals surface area contributed by atoms with Crippen LogP contribution in [0.1, 0.15) is 63.7 Å². The van der Waals surface area contributed by atoms with Gasteiger partial charge in [0.1, 0.15) is 12.1 Å². The number of hydrogen-bond donors (Lipinski definition) is 4.